The van der Waals surface area contributed by atoms with E-state index in [9.17, 15) is 19.5 Å². The molecule has 28 heavy (non-hydrogen) atoms. The molecule has 154 valence electrons. The molecule has 1 aromatic carbocycles. The van der Waals surface area contributed by atoms with Crippen LogP contribution in [0.2, 0.25) is 0 Å². The highest BCUT2D eigenvalue weighted by Crippen LogP contribution is 2.27. The van der Waals surface area contributed by atoms with Crippen molar-refractivity contribution in [3.63, 3.8) is 0 Å². The Balaban J connectivity index is 2.36. The number of hydrogen-bond acceptors (Lipinski definition) is 8. The fourth-order valence-electron chi connectivity index (χ4n) is 2.36. The van der Waals surface area contributed by atoms with E-state index in [0.717, 1.165) is 0 Å². The van der Waals surface area contributed by atoms with E-state index in [1.807, 2.05) is 6.92 Å². The lowest BCUT2D eigenvalue weighted by molar-refractivity contribution is 0.0647. The summed E-state index contributed by atoms with van der Waals surface area (Å²) >= 11 is 3.37. The fourth-order valence-corrected chi connectivity index (χ4v) is 3.43. The summed E-state index contributed by atoms with van der Waals surface area (Å²) in [6.07, 6.45) is 1.55. The molecule has 0 spiro atoms. The van der Waals surface area contributed by atoms with Crippen molar-refractivity contribution in [2.24, 2.45) is 5.14 Å². The van der Waals surface area contributed by atoms with Crippen molar-refractivity contribution in [3.8, 4) is 0 Å². The minimum Gasteiger partial charge on any atom is -0.392 e. The summed E-state index contributed by atoms with van der Waals surface area (Å²) in [5, 5.41) is 40.8. The molecular weight excluding hydrogens is 450 g/mol. The molecule has 1 aromatic heterocycles. The van der Waals surface area contributed by atoms with E-state index in [4.69, 9.17) is 5.14 Å². The molecule has 1 heterocycles. The normalized spacial score (nSPS) is 13.9. The summed E-state index contributed by atoms with van der Waals surface area (Å²) < 4.78 is 12.3. The van der Waals surface area contributed by atoms with Gasteiger partial charge in [-0.1, -0.05) is 0 Å². The molecule has 2 atom stereocenters. The Bertz CT molecular complexity index is 850. The van der Waals surface area contributed by atoms with Crippen molar-refractivity contribution < 1.29 is 19.5 Å². The van der Waals surface area contributed by atoms with E-state index in [1.54, 1.807) is 32.2 Å². The first-order chi connectivity index (χ1) is 13.1. The van der Waals surface area contributed by atoms with Gasteiger partial charge in [0.05, 0.1) is 34.2 Å². The average molecular weight is 474 g/mol. The Morgan fingerprint density at radius 2 is 1.86 bits per heavy atom. The van der Waals surface area contributed by atoms with Gasteiger partial charge in [-0.3, -0.25) is 0 Å². The number of nitrogens with one attached hydrogen (secondary N) is 2. The topological polar surface area (TPSA) is 154 Å². The van der Waals surface area contributed by atoms with Crippen LogP contribution in [0, 0.1) is 0 Å². The van der Waals surface area contributed by atoms with Gasteiger partial charge in [0.2, 0.25) is 5.95 Å². The maximum Gasteiger partial charge on any atom is 0.229 e. The van der Waals surface area contributed by atoms with Crippen molar-refractivity contribution >= 4 is 44.4 Å². The highest BCUT2D eigenvalue weighted by Gasteiger charge is 2.23. The number of nitrogens with two attached hydrogens (primary N) is 1. The zero-order valence-electron chi connectivity index (χ0n) is 15.7. The van der Waals surface area contributed by atoms with Crippen molar-refractivity contribution in [1.29, 1.82) is 0 Å². The van der Waals surface area contributed by atoms with E-state index in [1.165, 1.54) is 0 Å². The summed E-state index contributed by atoms with van der Waals surface area (Å²) in [6.45, 7) is 4.42. The fraction of sp³-hybridized carbons (Fsp3) is 0.412. The number of rotatable bonds is 8. The number of aliphatic hydroxyl groups is 3. The Kier molecular flexibility index (Phi) is 7.48. The Morgan fingerprint density at radius 1 is 1.29 bits per heavy atom. The number of aromatic nitrogens is 2. The van der Waals surface area contributed by atoms with Crippen molar-refractivity contribution in [2.75, 3.05) is 10.6 Å². The molecule has 2 aromatic rings. The predicted octanol–water partition coefficient (Wildman–Crippen LogP) is 1.52. The highest BCUT2D eigenvalue weighted by atomic mass is 79.9. The van der Waals surface area contributed by atoms with Gasteiger partial charge in [-0.15, -0.1) is 0 Å². The maximum atomic E-state index is 11.7. The number of anilines is 3. The SMILES string of the molecule is C[C@@H](Nc1nc(Nc2cc(CO)c(S(N)=O)c(CO)c2)ncc1Br)C(C)(C)O. The zero-order valence-corrected chi connectivity index (χ0v) is 18.1. The summed E-state index contributed by atoms with van der Waals surface area (Å²) in [4.78, 5) is 8.78. The van der Waals surface area contributed by atoms with Gasteiger partial charge >= 0.3 is 0 Å². The highest BCUT2D eigenvalue weighted by molar-refractivity contribution is 9.10. The van der Waals surface area contributed by atoms with Crippen LogP contribution in [-0.4, -0.2) is 41.1 Å². The van der Waals surface area contributed by atoms with Gasteiger partial charge in [-0.25, -0.2) is 14.3 Å². The molecule has 0 saturated heterocycles. The van der Waals surface area contributed by atoms with E-state index < -0.39 is 29.8 Å². The molecule has 0 aliphatic heterocycles. The van der Waals surface area contributed by atoms with Gasteiger partial charge in [0.25, 0.3) is 0 Å². The first kappa shape index (κ1) is 22.7. The number of aliphatic hydroxyl groups excluding tert-OH is 2. The second kappa shape index (κ2) is 9.25. The van der Waals surface area contributed by atoms with Crippen molar-refractivity contribution in [2.45, 2.75) is 50.5 Å². The first-order valence-corrected chi connectivity index (χ1v) is 10.4. The third-order valence-corrected chi connectivity index (χ3v) is 5.70. The lowest BCUT2D eigenvalue weighted by Crippen LogP contribution is -2.39. The largest absolute Gasteiger partial charge is 0.392 e. The maximum absolute atomic E-state index is 11.7. The average Bonchev–Trinajstić information content (AvgIpc) is 2.62. The quantitative estimate of drug-likeness (QED) is 0.337. The van der Waals surface area contributed by atoms with Crippen LogP contribution < -0.4 is 15.8 Å². The van der Waals surface area contributed by atoms with Gasteiger partial charge in [0, 0.05) is 11.9 Å². The summed E-state index contributed by atoms with van der Waals surface area (Å²) in [6, 6.07) is 2.85. The predicted molar refractivity (Wildman–Crippen MR) is 111 cm³/mol. The second-order valence-corrected chi connectivity index (χ2v) is 8.63. The van der Waals surface area contributed by atoms with Crippen LogP contribution in [-0.2, 0) is 24.2 Å². The van der Waals surface area contributed by atoms with Crippen LogP contribution in [0.25, 0.3) is 0 Å². The van der Waals surface area contributed by atoms with Crippen LogP contribution in [0.4, 0.5) is 17.5 Å². The Morgan fingerprint density at radius 3 is 2.32 bits per heavy atom. The molecule has 2 rings (SSSR count). The monoisotopic (exact) mass is 473 g/mol. The number of hydrogen-bond donors (Lipinski definition) is 6. The van der Waals surface area contributed by atoms with Crippen molar-refractivity contribution in [3.05, 3.63) is 33.9 Å². The second-order valence-electron chi connectivity index (χ2n) is 6.77. The standard InChI is InChI=1S/C17H24BrN5O4S/c1-9(17(2,3)26)21-15-13(18)6-20-16(23-15)22-12-4-10(7-24)14(28(19)27)11(5-12)8-25/h4-6,9,24-26H,7-8,19H2,1-3H3,(H2,20,21,22,23)/t9-,28?/m1/s1. The van der Waals surface area contributed by atoms with Crippen molar-refractivity contribution in [1.82, 2.24) is 9.97 Å². The molecule has 0 saturated carbocycles. The molecule has 0 amide bonds. The lowest BCUT2D eigenvalue weighted by Gasteiger charge is -2.27. The molecule has 0 aliphatic carbocycles. The van der Waals surface area contributed by atoms with Crippen LogP contribution >= 0.6 is 15.9 Å². The molecule has 9 nitrogen and oxygen atoms in total. The molecule has 1 unspecified atom stereocenters. The van der Waals surface area contributed by atoms with Gasteiger partial charge in [0.15, 0.2) is 0 Å². The Labute approximate surface area is 174 Å². The van der Waals surface area contributed by atoms with Crippen LogP contribution in [0.5, 0.6) is 0 Å². The molecule has 0 bridgehead atoms. The van der Waals surface area contributed by atoms with E-state index in [-0.39, 0.29) is 16.9 Å². The number of benzene rings is 1. The van der Waals surface area contributed by atoms with E-state index in [2.05, 4.69) is 36.5 Å². The Hall–Kier alpha value is -1.63. The minimum absolute atomic E-state index is 0.202. The van der Waals surface area contributed by atoms with Gasteiger partial charge in [-0.2, -0.15) is 4.98 Å². The number of halogens is 1. The van der Waals surface area contributed by atoms with Crippen LogP contribution in [0.3, 0.4) is 0 Å². The summed E-state index contributed by atoms with van der Waals surface area (Å²) in [7, 11) is -1.85. The zero-order chi connectivity index (χ0) is 21.1. The number of nitrogens with zero attached hydrogens (tertiary/aromatic N) is 2. The summed E-state index contributed by atoms with van der Waals surface area (Å²) in [5.41, 5.74) is 0.200. The van der Waals surface area contributed by atoms with Crippen LogP contribution in [0.1, 0.15) is 31.9 Å². The smallest absolute Gasteiger partial charge is 0.229 e. The van der Waals surface area contributed by atoms with Crippen LogP contribution in [0.15, 0.2) is 27.7 Å². The van der Waals surface area contributed by atoms with Gasteiger partial charge in [0.1, 0.15) is 16.8 Å². The van der Waals surface area contributed by atoms with E-state index in [0.29, 0.717) is 27.1 Å². The molecule has 0 aliphatic rings. The molecule has 0 fully saturated rings. The molecule has 7 N–H and O–H groups in total. The lowest BCUT2D eigenvalue weighted by atomic mass is 10.0. The molecular formula is C17H24BrN5O4S. The van der Waals surface area contributed by atoms with Gasteiger partial charge < -0.3 is 26.0 Å². The van der Waals surface area contributed by atoms with E-state index >= 15 is 0 Å². The minimum atomic E-state index is -1.85. The third kappa shape index (κ3) is 5.46. The molecule has 11 heteroatoms. The third-order valence-electron chi connectivity index (χ3n) is 4.20. The van der Waals surface area contributed by atoms with Gasteiger partial charge in [-0.05, 0) is 60.0 Å². The summed E-state index contributed by atoms with van der Waals surface area (Å²) in [5.74, 6) is 0.736. The molecule has 0 radical (unpaired) electrons. The first-order valence-electron chi connectivity index (χ1n) is 8.39.